The molecule has 0 aromatic rings. The summed E-state index contributed by atoms with van der Waals surface area (Å²) in [4.78, 5) is 16.0. The molecule has 1 heterocycles. The fraction of sp³-hybridized carbons (Fsp3) is 0.929. The molecule has 0 aromatic carbocycles. The molecule has 1 aliphatic heterocycles. The molecule has 18 heavy (non-hydrogen) atoms. The van der Waals surface area contributed by atoms with E-state index in [2.05, 4.69) is 4.90 Å². The standard InChI is InChI=1S/C14H27N3O/c1-12(18)16-7-4-8-17(10-9-16)14-6-3-2-5-13(14)11-15/h13-14H,2-11,15H2,1H3. The number of nitrogens with zero attached hydrogens (tertiary/aromatic N) is 2. The largest absolute Gasteiger partial charge is 0.342 e. The molecule has 0 spiro atoms. The van der Waals surface area contributed by atoms with E-state index in [1.807, 2.05) is 4.90 Å². The van der Waals surface area contributed by atoms with E-state index in [9.17, 15) is 4.79 Å². The van der Waals surface area contributed by atoms with Gasteiger partial charge in [0.2, 0.25) is 5.91 Å². The molecule has 0 aromatic heterocycles. The van der Waals surface area contributed by atoms with Gasteiger partial charge in [0.25, 0.3) is 0 Å². The first kappa shape index (κ1) is 13.8. The predicted molar refractivity (Wildman–Crippen MR) is 73.2 cm³/mol. The van der Waals surface area contributed by atoms with Gasteiger partial charge in [0.15, 0.2) is 0 Å². The zero-order chi connectivity index (χ0) is 13.0. The number of hydrogen-bond donors (Lipinski definition) is 1. The number of carbonyl (C=O) groups is 1. The van der Waals surface area contributed by atoms with Gasteiger partial charge in [-0.25, -0.2) is 0 Å². The van der Waals surface area contributed by atoms with Gasteiger partial charge in [-0.05, 0) is 31.7 Å². The van der Waals surface area contributed by atoms with E-state index >= 15 is 0 Å². The average Bonchev–Trinajstić information content (AvgIpc) is 2.64. The second-order valence-electron chi connectivity index (χ2n) is 5.74. The highest BCUT2D eigenvalue weighted by molar-refractivity contribution is 5.73. The fourth-order valence-corrected chi connectivity index (χ4v) is 3.53. The second kappa shape index (κ2) is 6.53. The summed E-state index contributed by atoms with van der Waals surface area (Å²) in [6.45, 7) is 6.47. The van der Waals surface area contributed by atoms with Crippen LogP contribution in [0.15, 0.2) is 0 Å². The SMILES string of the molecule is CC(=O)N1CCCN(C2CCCCC2CN)CC1. The Labute approximate surface area is 110 Å². The van der Waals surface area contributed by atoms with Crippen molar-refractivity contribution in [2.45, 2.75) is 45.1 Å². The Hall–Kier alpha value is -0.610. The smallest absolute Gasteiger partial charge is 0.219 e. The second-order valence-corrected chi connectivity index (χ2v) is 5.74. The van der Waals surface area contributed by atoms with Crippen LogP contribution in [0.25, 0.3) is 0 Å². The Kier molecular flexibility index (Phi) is 5.01. The summed E-state index contributed by atoms with van der Waals surface area (Å²) in [6.07, 6.45) is 6.36. The van der Waals surface area contributed by atoms with E-state index in [-0.39, 0.29) is 5.91 Å². The maximum Gasteiger partial charge on any atom is 0.219 e. The minimum absolute atomic E-state index is 0.218. The first-order valence-corrected chi connectivity index (χ1v) is 7.42. The van der Waals surface area contributed by atoms with Crippen LogP contribution in [0.2, 0.25) is 0 Å². The lowest BCUT2D eigenvalue weighted by molar-refractivity contribution is -0.128. The summed E-state index contributed by atoms with van der Waals surface area (Å²) in [6, 6.07) is 0.663. The third-order valence-electron chi connectivity index (χ3n) is 4.62. The first-order chi connectivity index (χ1) is 8.72. The summed E-state index contributed by atoms with van der Waals surface area (Å²) in [5.41, 5.74) is 5.92. The molecule has 1 saturated carbocycles. The van der Waals surface area contributed by atoms with Gasteiger partial charge in [0, 0.05) is 39.1 Å². The van der Waals surface area contributed by atoms with E-state index in [1.165, 1.54) is 25.7 Å². The lowest BCUT2D eigenvalue weighted by atomic mass is 9.83. The molecule has 1 aliphatic carbocycles. The van der Waals surface area contributed by atoms with Gasteiger partial charge in [-0.1, -0.05) is 12.8 Å². The predicted octanol–water partition coefficient (Wildman–Crippen LogP) is 1.06. The van der Waals surface area contributed by atoms with Crippen molar-refractivity contribution in [3.8, 4) is 0 Å². The van der Waals surface area contributed by atoms with Crippen LogP contribution >= 0.6 is 0 Å². The highest BCUT2D eigenvalue weighted by Crippen LogP contribution is 2.28. The summed E-state index contributed by atoms with van der Waals surface area (Å²) < 4.78 is 0. The van der Waals surface area contributed by atoms with Crippen LogP contribution in [0.4, 0.5) is 0 Å². The van der Waals surface area contributed by atoms with E-state index in [4.69, 9.17) is 5.73 Å². The van der Waals surface area contributed by atoms with E-state index in [0.29, 0.717) is 12.0 Å². The van der Waals surface area contributed by atoms with Gasteiger partial charge in [-0.15, -0.1) is 0 Å². The molecule has 4 heteroatoms. The van der Waals surface area contributed by atoms with Crippen LogP contribution in [0.1, 0.15) is 39.0 Å². The van der Waals surface area contributed by atoms with Crippen molar-refractivity contribution in [3.63, 3.8) is 0 Å². The lowest BCUT2D eigenvalue weighted by Crippen LogP contribution is -2.46. The van der Waals surface area contributed by atoms with Gasteiger partial charge < -0.3 is 10.6 Å². The molecule has 2 rings (SSSR count). The number of amides is 1. The Morgan fingerprint density at radius 3 is 2.61 bits per heavy atom. The molecule has 2 fully saturated rings. The van der Waals surface area contributed by atoms with Crippen LogP contribution in [0, 0.1) is 5.92 Å². The molecule has 4 nitrogen and oxygen atoms in total. The Balaban J connectivity index is 1.93. The highest BCUT2D eigenvalue weighted by atomic mass is 16.2. The summed E-state index contributed by atoms with van der Waals surface area (Å²) in [7, 11) is 0. The number of rotatable bonds is 2. The lowest BCUT2D eigenvalue weighted by Gasteiger charge is -2.39. The molecule has 0 radical (unpaired) electrons. The molecule has 0 bridgehead atoms. The Morgan fingerprint density at radius 2 is 1.89 bits per heavy atom. The third-order valence-corrected chi connectivity index (χ3v) is 4.62. The summed E-state index contributed by atoms with van der Waals surface area (Å²) >= 11 is 0. The highest BCUT2D eigenvalue weighted by Gasteiger charge is 2.30. The maximum atomic E-state index is 11.4. The zero-order valence-electron chi connectivity index (χ0n) is 11.6. The molecular weight excluding hydrogens is 226 g/mol. The molecule has 2 N–H and O–H groups in total. The van der Waals surface area contributed by atoms with Gasteiger partial charge in [0.05, 0.1) is 0 Å². The van der Waals surface area contributed by atoms with Gasteiger partial charge >= 0.3 is 0 Å². The number of carbonyl (C=O) groups excluding carboxylic acids is 1. The van der Waals surface area contributed by atoms with Crippen molar-refractivity contribution in [1.29, 1.82) is 0 Å². The van der Waals surface area contributed by atoms with Crippen molar-refractivity contribution in [1.82, 2.24) is 9.80 Å². The van der Waals surface area contributed by atoms with Gasteiger partial charge in [-0.2, -0.15) is 0 Å². The van der Waals surface area contributed by atoms with Crippen molar-refractivity contribution < 1.29 is 4.79 Å². The van der Waals surface area contributed by atoms with Crippen LogP contribution in [-0.4, -0.2) is 54.5 Å². The minimum atomic E-state index is 0.218. The van der Waals surface area contributed by atoms with Gasteiger partial charge in [0.1, 0.15) is 0 Å². The normalized spacial score (nSPS) is 31.1. The molecular formula is C14H27N3O. The van der Waals surface area contributed by atoms with Gasteiger partial charge in [-0.3, -0.25) is 9.69 Å². The van der Waals surface area contributed by atoms with Crippen molar-refractivity contribution in [2.75, 3.05) is 32.7 Å². The molecule has 2 aliphatic rings. The third kappa shape index (κ3) is 3.23. The summed E-state index contributed by atoms with van der Waals surface area (Å²) in [5, 5.41) is 0. The molecule has 1 saturated heterocycles. The molecule has 1 amide bonds. The van der Waals surface area contributed by atoms with E-state index < -0.39 is 0 Å². The molecule has 104 valence electrons. The fourth-order valence-electron chi connectivity index (χ4n) is 3.53. The average molecular weight is 253 g/mol. The number of nitrogens with two attached hydrogens (primary N) is 1. The summed E-state index contributed by atoms with van der Waals surface area (Å²) in [5.74, 6) is 0.887. The van der Waals surface area contributed by atoms with Crippen LogP contribution < -0.4 is 5.73 Å². The van der Waals surface area contributed by atoms with Crippen molar-refractivity contribution >= 4 is 5.91 Å². The van der Waals surface area contributed by atoms with Crippen molar-refractivity contribution in [3.05, 3.63) is 0 Å². The Morgan fingerprint density at radius 1 is 1.11 bits per heavy atom. The molecule has 2 atom stereocenters. The topological polar surface area (TPSA) is 49.6 Å². The first-order valence-electron chi connectivity index (χ1n) is 7.42. The quantitative estimate of drug-likeness (QED) is 0.800. The van der Waals surface area contributed by atoms with Crippen LogP contribution in [0.3, 0.4) is 0 Å². The molecule has 2 unspecified atom stereocenters. The zero-order valence-corrected chi connectivity index (χ0v) is 11.6. The van der Waals surface area contributed by atoms with E-state index in [1.54, 1.807) is 6.92 Å². The minimum Gasteiger partial charge on any atom is -0.342 e. The van der Waals surface area contributed by atoms with Crippen LogP contribution in [0.5, 0.6) is 0 Å². The maximum absolute atomic E-state index is 11.4. The van der Waals surface area contributed by atoms with E-state index in [0.717, 1.165) is 39.1 Å². The monoisotopic (exact) mass is 253 g/mol. The number of hydrogen-bond acceptors (Lipinski definition) is 3. The van der Waals surface area contributed by atoms with Crippen LogP contribution in [-0.2, 0) is 4.79 Å². The Bertz CT molecular complexity index is 282. The van der Waals surface area contributed by atoms with Crippen molar-refractivity contribution in [2.24, 2.45) is 11.7 Å².